The Labute approximate surface area is 166 Å². The Balaban J connectivity index is 2.66. The van der Waals surface area contributed by atoms with Gasteiger partial charge in [0.05, 0.1) is 16.0 Å². The van der Waals surface area contributed by atoms with E-state index < -0.39 is 95.6 Å². The molecule has 4 heteroatoms. The zero-order valence-electron chi connectivity index (χ0n) is 26.4. The third-order valence-electron chi connectivity index (χ3n) is 3.17. The molecule has 0 fully saturated rings. The van der Waals surface area contributed by atoms with E-state index in [2.05, 4.69) is 0 Å². The van der Waals surface area contributed by atoms with Crippen molar-refractivity contribution >= 4 is 11.5 Å². The molecule has 0 atom stereocenters. The fraction of sp³-hybridized carbons (Fsp3) is 0.286. The van der Waals surface area contributed by atoms with Gasteiger partial charge in [0, 0.05) is 20.3 Å². The van der Waals surface area contributed by atoms with E-state index in [4.69, 9.17) is 22.6 Å². The Hall–Kier alpha value is -2.59. The molecule has 0 amide bonds. The number of rotatable bonds is 5. The minimum absolute atomic E-state index is 0.450. The summed E-state index contributed by atoms with van der Waals surface area (Å²) >= 11 is 0. The number of carbonyl (C=O) groups is 1. The molecule has 0 saturated heterocycles. The molecular weight excluding hydrogens is 314 g/mol. The molecule has 0 bridgehead atoms. The number of ether oxygens (including phenoxy) is 1. The zero-order chi connectivity index (χ0) is 29.3. The van der Waals surface area contributed by atoms with Crippen molar-refractivity contribution in [2.45, 2.75) is 19.3 Å². The van der Waals surface area contributed by atoms with Gasteiger partial charge in [-0.05, 0) is 54.9 Å². The van der Waals surface area contributed by atoms with Gasteiger partial charge in [-0.1, -0.05) is 36.3 Å². The first-order valence-electron chi connectivity index (χ1n) is 13.7. The number of nitrogens with zero attached hydrogens (tertiary/aromatic N) is 1. The summed E-state index contributed by atoms with van der Waals surface area (Å²) in [6.07, 6.45) is -6.21. The smallest absolute Gasteiger partial charge is 0.307 e. The van der Waals surface area contributed by atoms with Crippen molar-refractivity contribution in [2.75, 3.05) is 20.6 Å². The summed E-state index contributed by atoms with van der Waals surface area (Å²) in [6.45, 7) is -5.86. The topological polar surface area (TPSA) is 49.8 Å². The Bertz CT molecular complexity index is 1370. The second-order valence-corrected chi connectivity index (χ2v) is 5.23. The molecule has 130 valence electrons. The van der Waals surface area contributed by atoms with Crippen LogP contribution in [0.2, 0.25) is 0 Å². The van der Waals surface area contributed by atoms with Gasteiger partial charge in [-0.3, -0.25) is 4.79 Å². The highest BCUT2D eigenvalue weighted by Crippen LogP contribution is 2.37. The summed E-state index contributed by atoms with van der Waals surface area (Å²) in [5, 5.41) is 9.38. The van der Waals surface area contributed by atoms with E-state index in [0.717, 1.165) is 23.1 Å². The van der Waals surface area contributed by atoms with Crippen molar-refractivity contribution < 1.29 is 32.5 Å². The lowest BCUT2D eigenvalue weighted by molar-refractivity contribution is -0.136. The van der Waals surface area contributed by atoms with Crippen LogP contribution in [0.1, 0.15) is 46.4 Å². The highest BCUT2D eigenvalue weighted by molar-refractivity contribution is 5.85. The van der Waals surface area contributed by atoms with Crippen molar-refractivity contribution in [1.29, 1.82) is 0 Å². The van der Waals surface area contributed by atoms with Gasteiger partial charge in [0.25, 0.3) is 0 Å². The van der Waals surface area contributed by atoms with Crippen LogP contribution < -0.4 is 4.74 Å². The molecule has 1 N–H and O–H groups in total. The number of aliphatic carboxylic acids is 1. The average molecular weight is 350 g/mol. The lowest BCUT2D eigenvalue weighted by Gasteiger charge is -2.13. The first-order valence-corrected chi connectivity index (χ1v) is 7.19. The zero-order valence-corrected chi connectivity index (χ0v) is 13.4. The molecule has 3 rings (SSSR count). The minimum atomic E-state index is -3.20. The molecule has 0 unspecified atom stereocenters. The predicted molar refractivity (Wildman–Crippen MR) is 98.8 cm³/mol. The van der Waals surface area contributed by atoms with Gasteiger partial charge < -0.3 is 14.7 Å². The van der Waals surface area contributed by atoms with Crippen molar-refractivity contribution in [3.05, 3.63) is 70.7 Å². The van der Waals surface area contributed by atoms with Crippen LogP contribution >= 0.6 is 0 Å². The van der Waals surface area contributed by atoms with E-state index in [-0.39, 0.29) is 0 Å². The normalized spacial score (nSPS) is 26.3. The van der Waals surface area contributed by atoms with E-state index >= 15 is 0 Å². The molecule has 0 spiro atoms. The van der Waals surface area contributed by atoms with Gasteiger partial charge in [-0.15, -0.1) is 0 Å². The van der Waals surface area contributed by atoms with Gasteiger partial charge in [0.1, 0.15) is 12.3 Å². The van der Waals surface area contributed by atoms with Crippen molar-refractivity contribution in [1.82, 2.24) is 4.90 Å². The molecule has 2 aromatic rings. The largest absolute Gasteiger partial charge is 0.488 e. The Morgan fingerprint density at radius 1 is 1.44 bits per heavy atom. The molecule has 0 radical (unpaired) electrons. The molecule has 1 aliphatic heterocycles. The molecule has 0 saturated carbocycles. The van der Waals surface area contributed by atoms with E-state index in [1.807, 2.05) is 0 Å². The van der Waals surface area contributed by atoms with Gasteiger partial charge in [-0.2, -0.15) is 0 Å². The maximum Gasteiger partial charge on any atom is 0.307 e. The number of hydrogen-bond donors (Lipinski definition) is 1. The Kier molecular flexibility index (Phi) is 2.21. The van der Waals surface area contributed by atoms with Crippen LogP contribution in [0.25, 0.3) is 5.57 Å². The SMILES string of the molecule is [2H]/C(=C1/c2cc(C([2H])([2H])C(=O)O)ccc2OC([2H])([2H])c2c([2H])c([2H])c([2H])c([2H])c21)C([2H])([2H])C([2H])([2H])N(C)C. The first-order chi connectivity index (χ1) is 17.1. The van der Waals surface area contributed by atoms with Crippen molar-refractivity contribution in [3.8, 4) is 5.75 Å². The summed E-state index contributed by atoms with van der Waals surface area (Å²) in [6, 6.07) is -1.81. The summed E-state index contributed by atoms with van der Waals surface area (Å²) < 4.78 is 114. The number of carboxylic acid groups (broad SMARTS) is 1. The molecule has 25 heavy (non-hydrogen) atoms. The van der Waals surface area contributed by atoms with Crippen LogP contribution in [0.4, 0.5) is 0 Å². The van der Waals surface area contributed by atoms with Crippen LogP contribution in [-0.2, 0) is 17.7 Å². The minimum Gasteiger partial charge on any atom is -0.488 e. The molecule has 4 nitrogen and oxygen atoms in total. The van der Waals surface area contributed by atoms with Crippen LogP contribution in [0.5, 0.6) is 5.75 Å². The third kappa shape index (κ3) is 4.09. The quantitative estimate of drug-likeness (QED) is 0.895. The Morgan fingerprint density at radius 2 is 2.24 bits per heavy atom. The predicted octanol–water partition coefficient (Wildman–Crippen LogP) is 3.59. The summed E-state index contributed by atoms with van der Waals surface area (Å²) in [5.74, 6) is -2.34. The number of carboxylic acids is 1. The van der Waals surface area contributed by atoms with Crippen molar-refractivity contribution in [2.24, 2.45) is 0 Å². The third-order valence-corrected chi connectivity index (χ3v) is 3.17. The molecular formula is C21H23NO3. The second kappa shape index (κ2) is 7.53. The first kappa shape index (κ1) is 7.34. The summed E-state index contributed by atoms with van der Waals surface area (Å²) in [4.78, 5) is 12.4. The van der Waals surface area contributed by atoms with E-state index in [1.54, 1.807) is 0 Å². The fourth-order valence-corrected chi connectivity index (χ4v) is 2.16. The maximum absolute atomic E-state index is 11.6. The highest BCUT2D eigenvalue weighted by atomic mass is 16.5. The average Bonchev–Trinajstić information content (AvgIpc) is 2.90. The number of benzene rings is 2. The maximum atomic E-state index is 11.6. The van der Waals surface area contributed by atoms with Gasteiger partial charge in [0.2, 0.25) is 0 Å². The fourth-order valence-electron chi connectivity index (χ4n) is 2.16. The van der Waals surface area contributed by atoms with Gasteiger partial charge >= 0.3 is 5.97 Å². The number of fused-ring (bicyclic) bond motifs is 2. The van der Waals surface area contributed by atoms with Crippen molar-refractivity contribution in [3.63, 3.8) is 0 Å². The van der Waals surface area contributed by atoms with Gasteiger partial charge in [0.15, 0.2) is 0 Å². The molecule has 2 aromatic carbocycles. The van der Waals surface area contributed by atoms with Crippen LogP contribution in [0.3, 0.4) is 0 Å². The van der Waals surface area contributed by atoms with E-state index in [9.17, 15) is 9.90 Å². The number of hydrogen-bond acceptors (Lipinski definition) is 3. The standard InChI is InChI=1S/C21H23NO3/c1-22(2)11-5-8-18-17-7-4-3-6-16(17)14-25-20-10-9-15(12-19(18)20)13-21(23)24/h3-4,6-10,12H,5,11,13-14H2,1-2H3,(H,23,24)/b18-8-/i3D,4D,5D2,6D,7D,8D,11D2,13D2,14D2. The molecule has 1 heterocycles. The molecule has 1 aliphatic rings. The Morgan fingerprint density at radius 3 is 3.00 bits per heavy atom. The second-order valence-electron chi connectivity index (χ2n) is 5.23. The van der Waals surface area contributed by atoms with E-state index in [1.165, 1.54) is 14.1 Å². The molecule has 0 aromatic heterocycles. The highest BCUT2D eigenvalue weighted by Gasteiger charge is 2.19. The summed E-state index contributed by atoms with van der Waals surface area (Å²) in [5.41, 5.74) is -3.16. The molecule has 0 aliphatic carbocycles. The van der Waals surface area contributed by atoms with E-state index in [0.29, 0.717) is 0 Å². The lowest BCUT2D eigenvalue weighted by atomic mass is 9.92. The van der Waals surface area contributed by atoms with Crippen LogP contribution in [0.15, 0.2) is 48.4 Å². The lowest BCUT2D eigenvalue weighted by Crippen LogP contribution is -2.12. The van der Waals surface area contributed by atoms with Crippen LogP contribution in [-0.4, -0.2) is 36.6 Å². The monoisotopic (exact) mass is 350 g/mol. The van der Waals surface area contributed by atoms with Crippen LogP contribution in [0, 0.1) is 0 Å². The summed E-state index contributed by atoms with van der Waals surface area (Å²) in [7, 11) is 2.41. The van der Waals surface area contributed by atoms with Gasteiger partial charge in [-0.25, -0.2) is 0 Å².